The molecule has 1 N–H and O–H groups in total. The lowest BCUT2D eigenvalue weighted by atomic mass is 9.86. The first-order chi connectivity index (χ1) is 12.6. The maximum Gasteiger partial charge on any atom is 0.223 e. The van der Waals surface area contributed by atoms with Crippen LogP contribution in [0.4, 0.5) is 4.39 Å². The average Bonchev–Trinajstić information content (AvgIpc) is 3.32. The van der Waals surface area contributed by atoms with Gasteiger partial charge in [0.05, 0.1) is 0 Å². The molecular weight excluding hydrogens is 327 g/mol. The number of hydrogen-bond donors (Lipinski definition) is 1. The van der Waals surface area contributed by atoms with Crippen molar-refractivity contribution < 1.29 is 9.18 Å². The molecule has 1 aromatic heterocycles. The second kappa shape index (κ2) is 6.94. The van der Waals surface area contributed by atoms with Crippen molar-refractivity contribution in [1.82, 2.24) is 9.88 Å². The maximum atomic E-state index is 14.7. The summed E-state index contributed by atoms with van der Waals surface area (Å²) in [4.78, 5) is 18.0. The Labute approximate surface area is 152 Å². The molecule has 4 rings (SSSR count). The first-order valence-corrected chi connectivity index (χ1v) is 9.23. The summed E-state index contributed by atoms with van der Waals surface area (Å²) in [6.07, 6.45) is 4.33. The molecule has 134 valence electrons. The van der Waals surface area contributed by atoms with E-state index in [9.17, 15) is 9.18 Å². The number of aromatic nitrogens is 1. The molecule has 1 aliphatic rings. The fourth-order valence-corrected chi connectivity index (χ4v) is 3.97. The van der Waals surface area contributed by atoms with Crippen LogP contribution in [0.1, 0.15) is 41.9 Å². The van der Waals surface area contributed by atoms with Gasteiger partial charge in [-0.1, -0.05) is 35.9 Å². The summed E-state index contributed by atoms with van der Waals surface area (Å²) in [5, 5.41) is 1.05. The topological polar surface area (TPSA) is 36.1 Å². The SMILES string of the molecule is Cc1ccc(F)c([C@H](CC(=O)N2CCCC2)c2c[nH]c3ccccc23)c1. The predicted molar refractivity (Wildman–Crippen MR) is 102 cm³/mol. The highest BCUT2D eigenvalue weighted by Gasteiger charge is 2.27. The molecule has 1 fully saturated rings. The molecule has 2 aromatic carbocycles. The van der Waals surface area contributed by atoms with Crippen LogP contribution in [-0.4, -0.2) is 28.9 Å². The Morgan fingerprint density at radius 2 is 1.92 bits per heavy atom. The molecular formula is C22H23FN2O. The Kier molecular flexibility index (Phi) is 4.49. The van der Waals surface area contributed by atoms with Gasteiger partial charge in [-0.3, -0.25) is 4.79 Å². The fraction of sp³-hybridized carbons (Fsp3) is 0.318. The van der Waals surface area contributed by atoms with Gasteiger partial charge in [0.25, 0.3) is 0 Å². The van der Waals surface area contributed by atoms with E-state index >= 15 is 0 Å². The molecule has 1 amide bonds. The number of H-pyrrole nitrogens is 1. The number of nitrogens with one attached hydrogen (secondary N) is 1. The number of carbonyl (C=O) groups is 1. The van der Waals surface area contributed by atoms with E-state index in [0.29, 0.717) is 12.0 Å². The number of para-hydroxylation sites is 1. The number of aryl methyl sites for hydroxylation is 1. The van der Waals surface area contributed by atoms with Crippen LogP contribution in [0.15, 0.2) is 48.7 Å². The summed E-state index contributed by atoms with van der Waals surface area (Å²) in [5.74, 6) is -0.432. The number of fused-ring (bicyclic) bond motifs is 1. The number of amides is 1. The first kappa shape index (κ1) is 16.8. The Morgan fingerprint density at radius 3 is 2.73 bits per heavy atom. The summed E-state index contributed by atoms with van der Waals surface area (Å²) in [6, 6.07) is 13.1. The van der Waals surface area contributed by atoms with Crippen LogP contribution in [0.5, 0.6) is 0 Å². The molecule has 0 saturated carbocycles. The van der Waals surface area contributed by atoms with Crippen LogP contribution in [0.3, 0.4) is 0 Å². The van der Waals surface area contributed by atoms with Gasteiger partial charge in [-0.15, -0.1) is 0 Å². The van der Waals surface area contributed by atoms with Crippen molar-refractivity contribution >= 4 is 16.8 Å². The highest BCUT2D eigenvalue weighted by atomic mass is 19.1. The van der Waals surface area contributed by atoms with E-state index in [0.717, 1.165) is 48.0 Å². The number of aromatic amines is 1. The van der Waals surface area contributed by atoms with Crippen molar-refractivity contribution in [3.63, 3.8) is 0 Å². The van der Waals surface area contributed by atoms with E-state index in [-0.39, 0.29) is 17.6 Å². The molecule has 3 nitrogen and oxygen atoms in total. The molecule has 26 heavy (non-hydrogen) atoms. The van der Waals surface area contributed by atoms with Crippen molar-refractivity contribution in [2.45, 2.75) is 32.1 Å². The number of nitrogens with zero attached hydrogens (tertiary/aromatic N) is 1. The third-order valence-electron chi connectivity index (χ3n) is 5.36. The summed E-state index contributed by atoms with van der Waals surface area (Å²) in [5.41, 5.74) is 3.59. The van der Waals surface area contributed by atoms with Crippen molar-refractivity contribution in [1.29, 1.82) is 0 Å². The van der Waals surface area contributed by atoms with Crippen LogP contribution in [0.2, 0.25) is 0 Å². The lowest BCUT2D eigenvalue weighted by molar-refractivity contribution is -0.130. The van der Waals surface area contributed by atoms with Crippen LogP contribution < -0.4 is 0 Å². The Hall–Kier alpha value is -2.62. The zero-order chi connectivity index (χ0) is 18.1. The van der Waals surface area contributed by atoms with Gasteiger partial charge in [0, 0.05) is 42.5 Å². The maximum absolute atomic E-state index is 14.7. The van der Waals surface area contributed by atoms with E-state index in [1.807, 2.05) is 48.4 Å². The van der Waals surface area contributed by atoms with Crippen LogP contribution in [-0.2, 0) is 4.79 Å². The van der Waals surface area contributed by atoms with E-state index in [1.165, 1.54) is 6.07 Å². The quantitative estimate of drug-likeness (QED) is 0.723. The van der Waals surface area contributed by atoms with E-state index in [2.05, 4.69) is 4.98 Å². The molecule has 1 aliphatic heterocycles. The Bertz CT molecular complexity index is 940. The number of rotatable bonds is 4. The number of likely N-dealkylation sites (tertiary alicyclic amines) is 1. The summed E-state index contributed by atoms with van der Waals surface area (Å²) in [7, 11) is 0. The zero-order valence-electron chi connectivity index (χ0n) is 15.0. The largest absolute Gasteiger partial charge is 0.361 e. The normalized spacial score (nSPS) is 15.5. The monoisotopic (exact) mass is 350 g/mol. The standard InChI is InChI=1S/C22H23FN2O/c1-15-8-9-20(23)18(12-15)17(13-22(26)25-10-4-5-11-25)19-14-24-21-7-3-2-6-16(19)21/h2-3,6-9,12,14,17,24H,4-5,10-11,13H2,1H3/t17-/m0/s1. The Balaban J connectivity index is 1.78. The minimum absolute atomic E-state index is 0.110. The van der Waals surface area contributed by atoms with Crippen LogP contribution in [0.25, 0.3) is 10.9 Å². The van der Waals surface area contributed by atoms with Crippen molar-refractivity contribution in [2.75, 3.05) is 13.1 Å². The first-order valence-electron chi connectivity index (χ1n) is 9.23. The lowest BCUT2D eigenvalue weighted by Crippen LogP contribution is -2.29. The van der Waals surface area contributed by atoms with Crippen LogP contribution >= 0.6 is 0 Å². The van der Waals surface area contributed by atoms with Gasteiger partial charge in [0.2, 0.25) is 5.91 Å². The zero-order valence-corrected chi connectivity index (χ0v) is 15.0. The fourth-order valence-electron chi connectivity index (χ4n) is 3.97. The molecule has 4 heteroatoms. The van der Waals surface area contributed by atoms with Crippen molar-refractivity contribution in [3.8, 4) is 0 Å². The number of carbonyl (C=O) groups excluding carboxylic acids is 1. The molecule has 2 heterocycles. The van der Waals surface area contributed by atoms with Gasteiger partial charge in [-0.05, 0) is 43.0 Å². The third-order valence-corrected chi connectivity index (χ3v) is 5.36. The molecule has 0 unspecified atom stereocenters. The van der Waals surface area contributed by atoms with Crippen molar-refractivity contribution in [3.05, 3.63) is 71.2 Å². The van der Waals surface area contributed by atoms with Gasteiger partial charge in [-0.25, -0.2) is 4.39 Å². The number of halogens is 1. The molecule has 3 aromatic rings. The van der Waals surface area contributed by atoms with E-state index in [1.54, 1.807) is 6.07 Å². The molecule has 0 bridgehead atoms. The van der Waals surface area contributed by atoms with Gasteiger partial charge in [-0.2, -0.15) is 0 Å². The average molecular weight is 350 g/mol. The summed E-state index contributed by atoms with van der Waals surface area (Å²) >= 11 is 0. The second-order valence-electron chi connectivity index (χ2n) is 7.16. The number of hydrogen-bond acceptors (Lipinski definition) is 1. The molecule has 0 radical (unpaired) electrons. The van der Waals surface area contributed by atoms with Crippen molar-refractivity contribution in [2.24, 2.45) is 0 Å². The molecule has 1 saturated heterocycles. The number of benzene rings is 2. The highest BCUT2D eigenvalue weighted by Crippen LogP contribution is 2.35. The van der Waals surface area contributed by atoms with E-state index in [4.69, 9.17) is 0 Å². The van der Waals surface area contributed by atoms with Gasteiger partial charge < -0.3 is 9.88 Å². The lowest BCUT2D eigenvalue weighted by Gasteiger charge is -2.22. The predicted octanol–water partition coefficient (Wildman–Crippen LogP) is 4.76. The summed E-state index contributed by atoms with van der Waals surface area (Å²) in [6.45, 7) is 3.59. The minimum Gasteiger partial charge on any atom is -0.361 e. The second-order valence-corrected chi connectivity index (χ2v) is 7.16. The van der Waals surface area contributed by atoms with Gasteiger partial charge >= 0.3 is 0 Å². The molecule has 1 atom stereocenters. The van der Waals surface area contributed by atoms with Gasteiger partial charge in [0.1, 0.15) is 5.82 Å². The highest BCUT2D eigenvalue weighted by molar-refractivity contribution is 5.86. The van der Waals surface area contributed by atoms with E-state index < -0.39 is 0 Å². The van der Waals surface area contributed by atoms with Crippen LogP contribution in [0, 0.1) is 12.7 Å². The smallest absolute Gasteiger partial charge is 0.223 e. The minimum atomic E-state index is -0.292. The molecule has 0 spiro atoms. The Morgan fingerprint density at radius 1 is 1.15 bits per heavy atom. The third kappa shape index (κ3) is 3.12. The molecule has 0 aliphatic carbocycles. The summed E-state index contributed by atoms with van der Waals surface area (Å²) < 4.78 is 14.7. The van der Waals surface area contributed by atoms with Gasteiger partial charge in [0.15, 0.2) is 0 Å².